The number of thioether (sulfide) groups is 1. The van der Waals surface area contributed by atoms with Crippen LogP contribution in [0.25, 0.3) is 11.3 Å². The van der Waals surface area contributed by atoms with Gasteiger partial charge in [-0.2, -0.15) is 0 Å². The highest BCUT2D eigenvalue weighted by atomic mass is 32.2. The highest BCUT2D eigenvalue weighted by Crippen LogP contribution is 2.25. The Bertz CT molecular complexity index is 702. The summed E-state index contributed by atoms with van der Waals surface area (Å²) in [6, 6.07) is 5.47. The first-order valence-electron chi connectivity index (χ1n) is 6.56. The Kier molecular flexibility index (Phi) is 4.10. The molecule has 8 heteroatoms. The van der Waals surface area contributed by atoms with Gasteiger partial charge in [-0.15, -0.1) is 0 Å². The molecule has 1 N–H and O–H groups in total. The number of halogens is 1. The number of carbonyl (C=O) groups is 2. The molecular weight excluding hydrogens is 309 g/mol. The summed E-state index contributed by atoms with van der Waals surface area (Å²) in [5.41, 5.74) is 0.700. The van der Waals surface area contributed by atoms with Crippen molar-refractivity contribution in [3.63, 3.8) is 0 Å². The van der Waals surface area contributed by atoms with Gasteiger partial charge in [-0.3, -0.25) is 9.69 Å². The molecule has 2 aromatic rings. The van der Waals surface area contributed by atoms with Gasteiger partial charge in [0.1, 0.15) is 5.82 Å². The minimum Gasteiger partial charge on any atom is -0.431 e. The Labute approximate surface area is 129 Å². The lowest BCUT2D eigenvalue weighted by Crippen LogP contribution is -2.35. The van der Waals surface area contributed by atoms with E-state index in [1.807, 2.05) is 0 Å². The number of nitrogens with zero attached hydrogens (tertiary/aromatic N) is 2. The van der Waals surface area contributed by atoms with E-state index in [9.17, 15) is 14.0 Å². The van der Waals surface area contributed by atoms with Gasteiger partial charge >= 0.3 is 6.03 Å². The van der Waals surface area contributed by atoms with Gasteiger partial charge in [0.2, 0.25) is 5.91 Å². The van der Waals surface area contributed by atoms with Crippen molar-refractivity contribution >= 4 is 23.7 Å². The molecule has 0 saturated carbocycles. The zero-order valence-electron chi connectivity index (χ0n) is 11.4. The summed E-state index contributed by atoms with van der Waals surface area (Å²) in [7, 11) is 0. The van der Waals surface area contributed by atoms with Crippen molar-refractivity contribution in [3.8, 4) is 11.3 Å². The topological polar surface area (TPSA) is 75.4 Å². The Hall–Kier alpha value is -2.35. The van der Waals surface area contributed by atoms with Crippen molar-refractivity contribution < 1.29 is 18.4 Å². The van der Waals surface area contributed by atoms with Crippen molar-refractivity contribution in [3.05, 3.63) is 36.3 Å². The first-order valence-corrected chi connectivity index (χ1v) is 7.55. The number of hydrogen-bond donors (Lipinski definition) is 1. The molecule has 3 amide bonds. The van der Waals surface area contributed by atoms with Crippen LogP contribution in [-0.4, -0.2) is 40.7 Å². The van der Waals surface area contributed by atoms with Gasteiger partial charge in [0.15, 0.2) is 5.76 Å². The van der Waals surface area contributed by atoms with Gasteiger partial charge in [0.25, 0.3) is 5.22 Å². The van der Waals surface area contributed by atoms with E-state index in [1.165, 1.54) is 18.3 Å². The molecule has 0 spiro atoms. The molecule has 0 unspecified atom stereocenters. The third-order valence-electron chi connectivity index (χ3n) is 3.09. The quantitative estimate of drug-likeness (QED) is 0.873. The van der Waals surface area contributed by atoms with Gasteiger partial charge in [0, 0.05) is 18.7 Å². The van der Waals surface area contributed by atoms with E-state index in [1.54, 1.807) is 12.1 Å². The summed E-state index contributed by atoms with van der Waals surface area (Å²) in [6.45, 7) is 0.855. The molecule has 0 aliphatic carbocycles. The highest BCUT2D eigenvalue weighted by molar-refractivity contribution is 7.99. The van der Waals surface area contributed by atoms with Crippen LogP contribution in [-0.2, 0) is 4.79 Å². The van der Waals surface area contributed by atoms with Gasteiger partial charge in [0.05, 0.1) is 11.9 Å². The van der Waals surface area contributed by atoms with E-state index in [0.29, 0.717) is 29.6 Å². The van der Waals surface area contributed by atoms with Crippen LogP contribution in [0.3, 0.4) is 0 Å². The summed E-state index contributed by atoms with van der Waals surface area (Å²) < 4.78 is 18.4. The van der Waals surface area contributed by atoms with Crippen LogP contribution in [0.2, 0.25) is 0 Å². The number of imide groups is 1. The van der Waals surface area contributed by atoms with Crippen LogP contribution in [0.1, 0.15) is 0 Å². The maximum atomic E-state index is 12.9. The fourth-order valence-electron chi connectivity index (χ4n) is 1.98. The minimum absolute atomic E-state index is 0.0663. The molecule has 6 nitrogen and oxygen atoms in total. The molecule has 1 aliphatic rings. The van der Waals surface area contributed by atoms with Crippen LogP contribution in [0, 0.1) is 5.82 Å². The largest absolute Gasteiger partial charge is 0.431 e. The summed E-state index contributed by atoms with van der Waals surface area (Å²) in [5, 5.41) is 2.89. The second kappa shape index (κ2) is 6.18. The predicted molar refractivity (Wildman–Crippen MR) is 77.7 cm³/mol. The van der Waals surface area contributed by atoms with Gasteiger partial charge in [-0.25, -0.2) is 14.2 Å². The van der Waals surface area contributed by atoms with Crippen molar-refractivity contribution in [2.24, 2.45) is 0 Å². The van der Waals surface area contributed by atoms with E-state index in [4.69, 9.17) is 4.42 Å². The normalized spacial score (nSPS) is 14.2. The number of oxazole rings is 1. The molecule has 114 valence electrons. The van der Waals surface area contributed by atoms with E-state index in [-0.39, 0.29) is 23.5 Å². The smallest absolute Gasteiger partial charge is 0.324 e. The fourth-order valence-corrected chi connectivity index (χ4v) is 2.66. The number of carbonyl (C=O) groups excluding carboxylic acids is 2. The third-order valence-corrected chi connectivity index (χ3v) is 3.92. The average Bonchev–Trinajstić information content (AvgIpc) is 3.14. The standard InChI is InChI=1S/C14H12FN3O3S/c15-10-3-1-9(2-4-10)11-7-17-14(21-11)22-8-12(19)18-6-5-16-13(18)20/h1-4,7H,5-6,8H2,(H,16,20). The molecule has 0 bridgehead atoms. The average molecular weight is 321 g/mol. The number of amides is 3. The second-order valence-corrected chi connectivity index (χ2v) is 5.49. The monoisotopic (exact) mass is 321 g/mol. The number of hydrogen-bond acceptors (Lipinski definition) is 5. The van der Waals surface area contributed by atoms with Crippen molar-refractivity contribution in [2.45, 2.75) is 5.22 Å². The number of benzene rings is 1. The van der Waals surface area contributed by atoms with Crippen LogP contribution in [0.4, 0.5) is 9.18 Å². The molecule has 22 heavy (non-hydrogen) atoms. The maximum Gasteiger partial charge on any atom is 0.324 e. The first-order chi connectivity index (χ1) is 10.6. The molecule has 0 atom stereocenters. The lowest BCUT2D eigenvalue weighted by molar-refractivity contribution is -0.124. The minimum atomic E-state index is -0.370. The Morgan fingerprint density at radius 1 is 1.41 bits per heavy atom. The molecular formula is C14H12FN3O3S. The molecule has 3 rings (SSSR count). The van der Waals surface area contributed by atoms with Crippen molar-refractivity contribution in [1.82, 2.24) is 15.2 Å². The highest BCUT2D eigenvalue weighted by Gasteiger charge is 2.26. The SMILES string of the molecule is O=C(CSc1ncc(-c2ccc(F)cc2)o1)N1CCNC1=O. The summed E-state index contributed by atoms with van der Waals surface area (Å²) in [4.78, 5) is 28.5. The zero-order chi connectivity index (χ0) is 15.5. The molecule has 1 aromatic carbocycles. The zero-order valence-corrected chi connectivity index (χ0v) is 12.2. The number of aromatic nitrogens is 1. The molecule has 1 aromatic heterocycles. The Morgan fingerprint density at radius 3 is 2.86 bits per heavy atom. The fraction of sp³-hybridized carbons (Fsp3) is 0.214. The Balaban J connectivity index is 1.61. The predicted octanol–water partition coefficient (Wildman–Crippen LogP) is 2.12. The molecule has 1 fully saturated rings. The summed E-state index contributed by atoms with van der Waals surface area (Å²) in [6.07, 6.45) is 1.52. The molecule has 1 aliphatic heterocycles. The van der Waals surface area contributed by atoms with Crippen LogP contribution in [0.15, 0.2) is 40.1 Å². The van der Waals surface area contributed by atoms with Crippen LogP contribution in [0.5, 0.6) is 0 Å². The van der Waals surface area contributed by atoms with E-state index >= 15 is 0 Å². The third kappa shape index (κ3) is 3.11. The Morgan fingerprint density at radius 2 is 2.18 bits per heavy atom. The first kappa shape index (κ1) is 14.6. The van der Waals surface area contributed by atoms with Crippen molar-refractivity contribution in [2.75, 3.05) is 18.8 Å². The molecule has 0 radical (unpaired) electrons. The van der Waals surface area contributed by atoms with Crippen molar-refractivity contribution in [1.29, 1.82) is 0 Å². The number of urea groups is 1. The molecule has 2 heterocycles. The van der Waals surface area contributed by atoms with E-state index < -0.39 is 0 Å². The summed E-state index contributed by atoms with van der Waals surface area (Å²) in [5.74, 6) is -0.0562. The van der Waals surface area contributed by atoms with E-state index in [2.05, 4.69) is 10.3 Å². The lowest BCUT2D eigenvalue weighted by Gasteiger charge is -2.10. The number of rotatable bonds is 4. The van der Waals surface area contributed by atoms with Crippen LogP contribution < -0.4 is 5.32 Å². The maximum absolute atomic E-state index is 12.9. The second-order valence-electron chi connectivity index (χ2n) is 4.56. The van der Waals surface area contributed by atoms with Gasteiger partial charge in [-0.05, 0) is 24.3 Å². The number of nitrogens with one attached hydrogen (secondary N) is 1. The van der Waals surface area contributed by atoms with E-state index in [0.717, 1.165) is 16.7 Å². The van der Waals surface area contributed by atoms with Gasteiger partial charge < -0.3 is 9.73 Å². The summed E-state index contributed by atoms with van der Waals surface area (Å²) >= 11 is 1.11. The lowest BCUT2D eigenvalue weighted by atomic mass is 10.2. The van der Waals surface area contributed by atoms with Gasteiger partial charge in [-0.1, -0.05) is 11.8 Å². The molecule has 1 saturated heterocycles. The van der Waals surface area contributed by atoms with Crippen LogP contribution >= 0.6 is 11.8 Å².